The van der Waals surface area contributed by atoms with Crippen LogP contribution in [0.25, 0.3) is 0 Å². The van der Waals surface area contributed by atoms with Gasteiger partial charge in [-0.2, -0.15) is 39.5 Å². The van der Waals surface area contributed by atoms with Crippen LogP contribution >= 0.6 is 0 Å². The van der Waals surface area contributed by atoms with Gasteiger partial charge in [0.25, 0.3) is 0 Å². The smallest absolute Gasteiger partial charge is 0.743 e. The fraction of sp³-hybridized carbons (Fsp3) is 0.714. The molecule has 0 spiro atoms. The van der Waals surface area contributed by atoms with Gasteiger partial charge in [-0.15, -0.1) is 0 Å². The second kappa shape index (κ2) is 7.28. The predicted molar refractivity (Wildman–Crippen MR) is 46.6 cm³/mol. The van der Waals surface area contributed by atoms with Crippen molar-refractivity contribution in [3.63, 3.8) is 0 Å². The van der Waals surface area contributed by atoms with Crippen molar-refractivity contribution < 1.29 is 85.2 Å². The maximum absolute atomic E-state index is 13.3. The van der Waals surface area contributed by atoms with E-state index in [4.69, 9.17) is 0 Å². The van der Waals surface area contributed by atoms with Gasteiger partial charge in [0.15, 0.2) is 10.1 Å². The molecule has 0 saturated carbocycles. The van der Waals surface area contributed by atoms with Gasteiger partial charge < -0.3 is 9.29 Å². The summed E-state index contributed by atoms with van der Waals surface area (Å²) in [5.74, 6) is -5.47. The second-order valence-electron chi connectivity index (χ2n) is 3.66. The van der Waals surface area contributed by atoms with Gasteiger partial charge >= 0.3 is 54.3 Å². The van der Waals surface area contributed by atoms with Crippen LogP contribution in [0.5, 0.6) is 0 Å². The Kier molecular flexibility index (Phi) is 7.75. The molecule has 138 valence electrons. The van der Waals surface area contributed by atoms with E-state index < -0.39 is 52.5 Å². The summed E-state index contributed by atoms with van der Waals surface area (Å²) in [4.78, 5) is 0. The molecule has 0 aromatic heterocycles. The van der Waals surface area contributed by atoms with Crippen molar-refractivity contribution in [1.29, 1.82) is 0 Å². The number of hydrogen-bond acceptors (Lipinski definition) is 5. The van der Waals surface area contributed by atoms with Crippen LogP contribution in [0.4, 0.5) is 43.9 Å². The Morgan fingerprint density at radius 1 is 0.917 bits per heavy atom. The molecule has 0 bridgehead atoms. The quantitative estimate of drug-likeness (QED) is 0.264. The van der Waals surface area contributed by atoms with E-state index in [1.807, 2.05) is 0 Å². The Bertz CT molecular complexity index is 584. The fourth-order valence-electron chi connectivity index (χ4n) is 0.747. The number of rotatable bonds is 7. The molecule has 0 amide bonds. The Morgan fingerprint density at radius 3 is 1.58 bits per heavy atom. The Labute approximate surface area is 138 Å². The molecule has 0 aromatic carbocycles. The molecule has 24 heavy (non-hydrogen) atoms. The fourth-order valence-corrected chi connectivity index (χ4v) is 1.08. The van der Waals surface area contributed by atoms with E-state index in [0.717, 1.165) is 0 Å². The number of hydrogen-bond donors (Lipinski definition) is 0. The summed E-state index contributed by atoms with van der Waals surface area (Å²) in [6.45, 7) is -0.808. The van der Waals surface area contributed by atoms with Crippen molar-refractivity contribution in [3.05, 3.63) is 12.1 Å². The molecular weight excluding hydrogens is 393 g/mol. The van der Waals surface area contributed by atoms with E-state index in [-0.39, 0.29) is 18.9 Å². The first kappa shape index (κ1) is 25.5. The topological polar surface area (TPSA) is 75.7 Å². The van der Waals surface area contributed by atoms with E-state index in [1.165, 1.54) is 0 Å². The summed E-state index contributed by atoms with van der Waals surface area (Å²) >= 11 is 0. The zero-order valence-corrected chi connectivity index (χ0v) is 12.0. The molecule has 0 aliphatic rings. The molecule has 17 heteroatoms. The SMILES string of the molecule is CC(F)(OC(F)(F)C(F)(F)S(=O)(=O)[O-])C(F)(F)OC(F)=C(F)F.[Li+]. The third-order valence-electron chi connectivity index (χ3n) is 1.86. The Hall–Kier alpha value is -0.693. The van der Waals surface area contributed by atoms with Crippen LogP contribution in [0.3, 0.4) is 0 Å². The summed E-state index contributed by atoms with van der Waals surface area (Å²) in [6.07, 6.45) is -16.4. The van der Waals surface area contributed by atoms with E-state index in [0.29, 0.717) is 0 Å². The molecule has 0 aliphatic heterocycles. The van der Waals surface area contributed by atoms with Gasteiger partial charge in [0.05, 0.1) is 0 Å². The minimum Gasteiger partial charge on any atom is -0.743 e. The summed E-state index contributed by atoms with van der Waals surface area (Å²) in [5, 5.41) is -6.73. The van der Waals surface area contributed by atoms with E-state index in [2.05, 4.69) is 9.47 Å². The van der Waals surface area contributed by atoms with Crippen LogP contribution in [-0.4, -0.2) is 36.3 Å². The molecule has 0 N–H and O–H groups in total. The summed E-state index contributed by atoms with van der Waals surface area (Å²) in [5.41, 5.74) is 0. The first-order valence-electron chi connectivity index (χ1n) is 4.66. The van der Waals surface area contributed by atoms with Crippen molar-refractivity contribution >= 4 is 10.1 Å². The third-order valence-corrected chi connectivity index (χ3v) is 2.72. The van der Waals surface area contributed by atoms with Crippen LogP contribution < -0.4 is 18.9 Å². The first-order valence-corrected chi connectivity index (χ1v) is 6.07. The van der Waals surface area contributed by atoms with Crippen LogP contribution in [0, 0.1) is 0 Å². The van der Waals surface area contributed by atoms with Crippen molar-refractivity contribution in [2.45, 2.75) is 30.3 Å². The normalized spacial score (nSPS) is 16.0. The van der Waals surface area contributed by atoms with Crippen molar-refractivity contribution in [2.24, 2.45) is 0 Å². The van der Waals surface area contributed by atoms with Gasteiger partial charge in [-0.1, -0.05) is 0 Å². The maximum Gasteiger partial charge on any atom is 1.00 e. The van der Waals surface area contributed by atoms with Gasteiger partial charge in [-0.3, -0.25) is 4.74 Å². The average Bonchev–Trinajstić information content (AvgIpc) is 2.24. The largest absolute Gasteiger partial charge is 1.00 e. The summed E-state index contributed by atoms with van der Waals surface area (Å²) in [7, 11) is -7.23. The predicted octanol–water partition coefficient (Wildman–Crippen LogP) is 0.0680. The minimum absolute atomic E-state index is 0. The molecule has 0 radical (unpaired) electrons. The molecule has 1 atom stereocenters. The minimum atomic E-state index is -7.23. The van der Waals surface area contributed by atoms with Crippen LogP contribution in [0.2, 0.25) is 0 Å². The van der Waals surface area contributed by atoms with Gasteiger partial charge in [0, 0.05) is 6.92 Å². The molecule has 0 saturated heterocycles. The molecule has 0 heterocycles. The summed E-state index contributed by atoms with van der Waals surface area (Å²) < 4.78 is 159. The van der Waals surface area contributed by atoms with E-state index >= 15 is 0 Å². The first-order chi connectivity index (χ1) is 9.78. The van der Waals surface area contributed by atoms with E-state index in [9.17, 15) is 56.9 Å². The Balaban J connectivity index is 0. The van der Waals surface area contributed by atoms with Crippen molar-refractivity contribution in [3.8, 4) is 0 Å². The third kappa shape index (κ3) is 5.15. The summed E-state index contributed by atoms with van der Waals surface area (Å²) in [6, 6.07) is -3.46. The second-order valence-corrected chi connectivity index (χ2v) is 5.08. The Morgan fingerprint density at radius 2 is 1.29 bits per heavy atom. The number of halogens is 10. The molecule has 1 unspecified atom stereocenters. The van der Waals surface area contributed by atoms with Crippen LogP contribution in [0.15, 0.2) is 12.1 Å². The zero-order valence-electron chi connectivity index (χ0n) is 11.2. The number of ether oxygens (including phenoxy) is 2. The monoisotopic (exact) mass is 396 g/mol. The van der Waals surface area contributed by atoms with Gasteiger partial charge in [-0.25, -0.2) is 12.8 Å². The van der Waals surface area contributed by atoms with Crippen LogP contribution in [-0.2, 0) is 19.6 Å². The van der Waals surface area contributed by atoms with Crippen molar-refractivity contribution in [1.82, 2.24) is 0 Å². The van der Waals surface area contributed by atoms with Gasteiger partial charge in [0.2, 0.25) is 0 Å². The maximum atomic E-state index is 13.3. The van der Waals surface area contributed by atoms with Crippen molar-refractivity contribution in [2.75, 3.05) is 0 Å². The molecule has 0 fully saturated rings. The van der Waals surface area contributed by atoms with Gasteiger partial charge in [-0.05, 0) is 0 Å². The average molecular weight is 396 g/mol. The molecule has 0 aliphatic carbocycles. The number of alkyl halides is 7. The molecule has 0 aromatic rings. The zero-order chi connectivity index (χ0) is 19.1. The van der Waals surface area contributed by atoms with Gasteiger partial charge in [0.1, 0.15) is 0 Å². The molecule has 0 rings (SSSR count). The van der Waals surface area contributed by atoms with E-state index in [1.54, 1.807) is 0 Å². The molecule has 5 nitrogen and oxygen atoms in total. The van der Waals surface area contributed by atoms with Crippen LogP contribution in [0.1, 0.15) is 6.92 Å². The standard InChI is InChI=1S/C7H4F10O5S.Li/c1-4(11,5(12,13)21-3(10)2(8)9)22-6(14,15)7(16,17)23(18,19)20;/h1H3,(H,18,19,20);/q;+1/p-1. The molecular formula is C7H3F10LiO5S.